The summed E-state index contributed by atoms with van der Waals surface area (Å²) < 4.78 is 20.1. The van der Waals surface area contributed by atoms with Crippen LogP contribution < -0.4 is 15.1 Å². The summed E-state index contributed by atoms with van der Waals surface area (Å²) in [4.78, 5) is 3.94. The molecule has 0 aliphatic rings. The molecule has 0 aromatic heterocycles. The van der Waals surface area contributed by atoms with E-state index in [1.165, 1.54) is 0 Å². The Morgan fingerprint density at radius 1 is 0.800 bits per heavy atom. The van der Waals surface area contributed by atoms with Crippen LogP contribution >= 0.6 is 7.37 Å². The predicted octanol–water partition coefficient (Wildman–Crippen LogP) is 4.63. The van der Waals surface area contributed by atoms with Crippen molar-refractivity contribution in [2.45, 2.75) is 12.5 Å². The van der Waals surface area contributed by atoms with Crippen LogP contribution in [0.4, 0.5) is 11.4 Å². The Kier molecular flexibility index (Phi) is 6.99. The molecule has 0 amide bonds. The fraction of sp³-hybridized carbons (Fsp3) is 0.250. The van der Waals surface area contributed by atoms with Gasteiger partial charge in [0.25, 0.3) is 7.37 Å². The standard InChI is InChI=1S/C24H29N2O3P/c1-25(2)21-12-10-20(11-13-21)24(27)30(28,29-18-19-8-6-5-7-9-19)23-16-14-22(15-17-23)26(3)4/h5-17,24,27H,18H2,1-4H3/t24-,30+/m1/s1. The van der Waals surface area contributed by atoms with E-state index in [4.69, 9.17) is 4.52 Å². The number of aliphatic hydroxyl groups is 1. The van der Waals surface area contributed by atoms with Gasteiger partial charge in [0.15, 0.2) is 5.85 Å². The van der Waals surface area contributed by atoms with Crippen LogP contribution in [0.25, 0.3) is 0 Å². The highest BCUT2D eigenvalue weighted by atomic mass is 31.2. The number of aliphatic hydroxyl groups excluding tert-OH is 1. The monoisotopic (exact) mass is 424 g/mol. The molecule has 0 spiro atoms. The first kappa shape index (κ1) is 22.1. The predicted molar refractivity (Wildman–Crippen MR) is 125 cm³/mol. The second-order valence-corrected chi connectivity index (χ2v) is 10.1. The Bertz CT molecular complexity index is 987. The van der Waals surface area contributed by atoms with Crippen LogP contribution in [0.1, 0.15) is 17.0 Å². The summed E-state index contributed by atoms with van der Waals surface area (Å²) in [5, 5.41) is 11.7. The van der Waals surface area contributed by atoms with E-state index in [0.29, 0.717) is 10.9 Å². The van der Waals surface area contributed by atoms with Crippen molar-refractivity contribution in [2.75, 3.05) is 38.0 Å². The fourth-order valence-electron chi connectivity index (χ4n) is 3.13. The van der Waals surface area contributed by atoms with Gasteiger partial charge in [0, 0.05) is 44.9 Å². The number of hydrogen-bond acceptors (Lipinski definition) is 5. The van der Waals surface area contributed by atoms with E-state index >= 15 is 0 Å². The molecule has 0 saturated carbocycles. The summed E-state index contributed by atoms with van der Waals surface area (Å²) in [5.41, 5.74) is 3.45. The first-order valence-corrected chi connectivity index (χ1v) is 11.5. The van der Waals surface area contributed by atoms with Gasteiger partial charge in [-0.2, -0.15) is 0 Å². The van der Waals surface area contributed by atoms with Crippen molar-refractivity contribution in [3.63, 3.8) is 0 Å². The summed E-state index contributed by atoms with van der Waals surface area (Å²) in [7, 11) is 4.18. The molecule has 0 heterocycles. The molecule has 0 bridgehead atoms. The van der Waals surface area contributed by atoms with Crippen LogP contribution in [0.15, 0.2) is 78.9 Å². The van der Waals surface area contributed by atoms with Gasteiger partial charge in [0.1, 0.15) is 0 Å². The number of rotatable bonds is 8. The van der Waals surface area contributed by atoms with E-state index in [9.17, 15) is 9.67 Å². The normalized spacial score (nSPS) is 14.0. The summed E-state index contributed by atoms with van der Waals surface area (Å²) in [6.07, 6.45) is 0. The number of hydrogen-bond donors (Lipinski definition) is 1. The number of nitrogens with zero attached hydrogens (tertiary/aromatic N) is 2. The van der Waals surface area contributed by atoms with E-state index in [0.717, 1.165) is 16.9 Å². The van der Waals surface area contributed by atoms with Gasteiger partial charge >= 0.3 is 0 Å². The van der Waals surface area contributed by atoms with Crippen molar-refractivity contribution in [2.24, 2.45) is 0 Å². The second kappa shape index (κ2) is 9.48. The van der Waals surface area contributed by atoms with Crippen LogP contribution in [0.2, 0.25) is 0 Å². The Labute approximate surface area is 179 Å². The highest BCUT2D eigenvalue weighted by Gasteiger charge is 2.36. The summed E-state index contributed by atoms with van der Waals surface area (Å²) >= 11 is 0. The molecule has 3 aromatic rings. The van der Waals surface area contributed by atoms with Crippen LogP contribution in [-0.4, -0.2) is 33.3 Å². The lowest BCUT2D eigenvalue weighted by molar-refractivity contribution is 0.210. The van der Waals surface area contributed by atoms with Crippen molar-refractivity contribution in [1.29, 1.82) is 0 Å². The van der Waals surface area contributed by atoms with Gasteiger partial charge in [0.05, 0.1) is 6.61 Å². The molecular formula is C24H29N2O3P. The Morgan fingerprint density at radius 2 is 1.30 bits per heavy atom. The van der Waals surface area contributed by atoms with Crippen molar-refractivity contribution in [3.05, 3.63) is 90.0 Å². The maximum absolute atomic E-state index is 14.1. The Balaban J connectivity index is 1.96. The highest BCUT2D eigenvalue weighted by molar-refractivity contribution is 7.67. The summed E-state index contributed by atoms with van der Waals surface area (Å²) in [5.74, 6) is -1.26. The third-order valence-corrected chi connectivity index (χ3v) is 7.49. The van der Waals surface area contributed by atoms with E-state index in [2.05, 4.69) is 0 Å². The number of benzene rings is 3. The summed E-state index contributed by atoms with van der Waals surface area (Å²) in [6, 6.07) is 24.3. The van der Waals surface area contributed by atoms with Gasteiger partial charge in [-0.3, -0.25) is 4.57 Å². The van der Waals surface area contributed by atoms with Gasteiger partial charge in [-0.05, 0) is 47.5 Å². The molecule has 0 aliphatic heterocycles. The molecule has 1 N–H and O–H groups in total. The van der Waals surface area contributed by atoms with Crippen LogP contribution in [0.5, 0.6) is 0 Å². The first-order chi connectivity index (χ1) is 14.3. The molecule has 0 unspecified atom stereocenters. The van der Waals surface area contributed by atoms with Crippen LogP contribution in [0, 0.1) is 0 Å². The maximum atomic E-state index is 14.1. The molecule has 6 heteroatoms. The van der Waals surface area contributed by atoms with E-state index < -0.39 is 13.2 Å². The lowest BCUT2D eigenvalue weighted by atomic mass is 10.2. The topological polar surface area (TPSA) is 53.0 Å². The molecule has 0 aliphatic carbocycles. The molecule has 3 aromatic carbocycles. The van der Waals surface area contributed by atoms with Crippen molar-refractivity contribution >= 4 is 24.0 Å². The SMILES string of the molecule is CN(C)c1ccc([C@H](O)[P@@](=O)(OCc2ccccc2)c2ccc(N(C)C)cc2)cc1. The van der Waals surface area contributed by atoms with Gasteiger partial charge in [-0.15, -0.1) is 0 Å². The second-order valence-electron chi connectivity index (χ2n) is 7.63. The molecule has 2 atom stereocenters. The molecule has 0 fully saturated rings. The van der Waals surface area contributed by atoms with Gasteiger partial charge < -0.3 is 19.4 Å². The molecular weight excluding hydrogens is 395 g/mol. The smallest absolute Gasteiger partial charge is 0.264 e. The van der Waals surface area contributed by atoms with Gasteiger partial charge in [-0.1, -0.05) is 42.5 Å². The van der Waals surface area contributed by atoms with Gasteiger partial charge in [0.2, 0.25) is 0 Å². The van der Waals surface area contributed by atoms with E-state index in [1.54, 1.807) is 24.3 Å². The van der Waals surface area contributed by atoms with E-state index in [-0.39, 0.29) is 6.61 Å². The molecule has 5 nitrogen and oxygen atoms in total. The molecule has 30 heavy (non-hydrogen) atoms. The zero-order chi connectivity index (χ0) is 21.7. The van der Waals surface area contributed by atoms with Crippen molar-refractivity contribution in [1.82, 2.24) is 0 Å². The highest BCUT2D eigenvalue weighted by Crippen LogP contribution is 2.58. The van der Waals surface area contributed by atoms with E-state index in [1.807, 2.05) is 92.6 Å². The zero-order valence-corrected chi connectivity index (χ0v) is 18.8. The third-order valence-electron chi connectivity index (χ3n) is 5.02. The maximum Gasteiger partial charge on any atom is 0.264 e. The minimum Gasteiger partial charge on any atom is -0.378 e. The third kappa shape index (κ3) is 4.93. The average Bonchev–Trinajstić information content (AvgIpc) is 2.77. The Hall–Kier alpha value is -2.59. The average molecular weight is 424 g/mol. The zero-order valence-electron chi connectivity index (χ0n) is 17.9. The minimum absolute atomic E-state index is 0.153. The fourth-order valence-corrected chi connectivity index (χ4v) is 5.17. The first-order valence-electron chi connectivity index (χ1n) is 9.83. The molecule has 0 radical (unpaired) electrons. The van der Waals surface area contributed by atoms with Gasteiger partial charge in [-0.25, -0.2) is 0 Å². The Morgan fingerprint density at radius 3 is 1.80 bits per heavy atom. The molecule has 3 rings (SSSR count). The van der Waals surface area contributed by atoms with Crippen molar-refractivity contribution < 1.29 is 14.2 Å². The molecule has 0 saturated heterocycles. The lowest BCUT2D eigenvalue weighted by Gasteiger charge is -2.25. The molecule has 158 valence electrons. The van der Waals surface area contributed by atoms with Crippen molar-refractivity contribution in [3.8, 4) is 0 Å². The number of anilines is 2. The van der Waals surface area contributed by atoms with Crippen LogP contribution in [0.3, 0.4) is 0 Å². The minimum atomic E-state index is -3.62. The quantitative estimate of drug-likeness (QED) is 0.535. The lowest BCUT2D eigenvalue weighted by Crippen LogP contribution is -2.16. The van der Waals surface area contributed by atoms with Crippen LogP contribution in [-0.2, 0) is 15.7 Å². The largest absolute Gasteiger partial charge is 0.378 e. The summed E-state index contributed by atoms with van der Waals surface area (Å²) in [6.45, 7) is 0.153.